The quantitative estimate of drug-likeness (QED) is 0.602. The normalized spacial score (nSPS) is 14.2. The highest BCUT2D eigenvalue weighted by Crippen LogP contribution is 2.26. The Kier molecular flexibility index (Phi) is 5.25. The molecular weight excluding hydrogens is 232 g/mol. The molecule has 2 unspecified atom stereocenters. The minimum atomic E-state index is -0.366. The van der Waals surface area contributed by atoms with Crippen LogP contribution in [0.25, 0.3) is 0 Å². The molecule has 0 saturated heterocycles. The zero-order valence-corrected chi connectivity index (χ0v) is 11.0. The molecule has 18 heavy (non-hydrogen) atoms. The second-order valence-electron chi connectivity index (χ2n) is 4.42. The number of rotatable bonds is 6. The van der Waals surface area contributed by atoms with Crippen LogP contribution in [0.1, 0.15) is 37.4 Å². The molecule has 1 rings (SSSR count). The number of nitro groups is 1. The maximum Gasteiger partial charge on any atom is 0.272 e. The lowest BCUT2D eigenvalue weighted by Crippen LogP contribution is -2.34. The highest BCUT2D eigenvalue weighted by Gasteiger charge is 2.18. The number of hydrogen-bond donors (Lipinski definition) is 2. The van der Waals surface area contributed by atoms with E-state index in [1.165, 1.54) is 6.07 Å². The maximum atomic E-state index is 10.9. The van der Waals surface area contributed by atoms with Crippen molar-refractivity contribution in [1.29, 1.82) is 0 Å². The van der Waals surface area contributed by atoms with E-state index < -0.39 is 0 Å². The van der Waals surface area contributed by atoms with Crippen molar-refractivity contribution in [2.24, 2.45) is 0 Å². The lowest BCUT2D eigenvalue weighted by Gasteiger charge is -2.22. The first kappa shape index (κ1) is 14.6. The standard InChI is InChI=1S/C13H20N2O3/c1-4-11(8-16)14-10(3)12-6-5-7-13(9(12)2)15(17)18/h5-7,10-11,14,16H,4,8H2,1-3H3. The van der Waals surface area contributed by atoms with E-state index in [2.05, 4.69) is 5.32 Å². The van der Waals surface area contributed by atoms with Crippen molar-refractivity contribution in [1.82, 2.24) is 5.32 Å². The van der Waals surface area contributed by atoms with Crippen molar-refractivity contribution in [2.45, 2.75) is 39.3 Å². The summed E-state index contributed by atoms with van der Waals surface area (Å²) in [5.41, 5.74) is 1.71. The number of nitrogens with one attached hydrogen (secondary N) is 1. The fourth-order valence-electron chi connectivity index (χ4n) is 2.05. The van der Waals surface area contributed by atoms with Crippen molar-refractivity contribution in [3.63, 3.8) is 0 Å². The molecule has 0 bridgehead atoms. The summed E-state index contributed by atoms with van der Waals surface area (Å²) in [6, 6.07) is 5.07. The minimum absolute atomic E-state index is 0.0127. The molecule has 0 aliphatic rings. The highest BCUT2D eigenvalue weighted by atomic mass is 16.6. The number of benzene rings is 1. The molecular formula is C13H20N2O3. The van der Waals surface area contributed by atoms with Gasteiger partial charge in [0, 0.05) is 23.7 Å². The fourth-order valence-corrected chi connectivity index (χ4v) is 2.05. The lowest BCUT2D eigenvalue weighted by molar-refractivity contribution is -0.385. The summed E-state index contributed by atoms with van der Waals surface area (Å²) in [6.45, 7) is 5.76. The molecule has 2 N–H and O–H groups in total. The van der Waals surface area contributed by atoms with Gasteiger partial charge in [-0.1, -0.05) is 19.1 Å². The van der Waals surface area contributed by atoms with Gasteiger partial charge in [0.25, 0.3) is 5.69 Å². The van der Waals surface area contributed by atoms with E-state index in [0.717, 1.165) is 12.0 Å². The van der Waals surface area contributed by atoms with Gasteiger partial charge in [-0.05, 0) is 25.8 Å². The maximum absolute atomic E-state index is 10.9. The van der Waals surface area contributed by atoms with E-state index in [4.69, 9.17) is 5.11 Å². The van der Waals surface area contributed by atoms with Gasteiger partial charge in [0.15, 0.2) is 0 Å². The monoisotopic (exact) mass is 252 g/mol. The highest BCUT2D eigenvalue weighted by molar-refractivity contribution is 5.45. The summed E-state index contributed by atoms with van der Waals surface area (Å²) < 4.78 is 0. The smallest absolute Gasteiger partial charge is 0.272 e. The van der Waals surface area contributed by atoms with Crippen molar-refractivity contribution in [3.05, 3.63) is 39.4 Å². The van der Waals surface area contributed by atoms with Gasteiger partial charge in [0.2, 0.25) is 0 Å². The minimum Gasteiger partial charge on any atom is -0.395 e. The van der Waals surface area contributed by atoms with E-state index in [1.54, 1.807) is 13.0 Å². The van der Waals surface area contributed by atoms with E-state index in [1.807, 2.05) is 19.9 Å². The first-order valence-electron chi connectivity index (χ1n) is 6.12. The average Bonchev–Trinajstić information content (AvgIpc) is 2.35. The lowest BCUT2D eigenvalue weighted by atomic mass is 10.00. The van der Waals surface area contributed by atoms with Crippen LogP contribution in [-0.2, 0) is 0 Å². The van der Waals surface area contributed by atoms with Crippen LogP contribution in [0.3, 0.4) is 0 Å². The molecule has 0 aliphatic heterocycles. The second kappa shape index (κ2) is 6.47. The van der Waals surface area contributed by atoms with E-state index >= 15 is 0 Å². The van der Waals surface area contributed by atoms with E-state index in [-0.39, 0.29) is 29.3 Å². The van der Waals surface area contributed by atoms with Crippen LogP contribution in [0.5, 0.6) is 0 Å². The van der Waals surface area contributed by atoms with Gasteiger partial charge in [0.05, 0.1) is 11.5 Å². The van der Waals surface area contributed by atoms with Gasteiger partial charge in [-0.25, -0.2) is 0 Å². The molecule has 1 aromatic carbocycles. The van der Waals surface area contributed by atoms with Crippen LogP contribution >= 0.6 is 0 Å². The van der Waals surface area contributed by atoms with Crippen LogP contribution in [0.2, 0.25) is 0 Å². The molecule has 5 nitrogen and oxygen atoms in total. The van der Waals surface area contributed by atoms with E-state index in [9.17, 15) is 10.1 Å². The summed E-state index contributed by atoms with van der Waals surface area (Å²) in [5, 5.41) is 23.3. The predicted octanol–water partition coefficient (Wildman–Crippen LogP) is 2.32. The topological polar surface area (TPSA) is 75.4 Å². The third-order valence-electron chi connectivity index (χ3n) is 3.21. The van der Waals surface area contributed by atoms with Crippen LogP contribution in [0.15, 0.2) is 18.2 Å². The summed E-state index contributed by atoms with van der Waals surface area (Å²) >= 11 is 0. The number of nitro benzene ring substituents is 1. The molecule has 0 spiro atoms. The van der Waals surface area contributed by atoms with Crippen molar-refractivity contribution < 1.29 is 10.0 Å². The second-order valence-corrected chi connectivity index (χ2v) is 4.42. The van der Waals surface area contributed by atoms with E-state index in [0.29, 0.717) is 5.56 Å². The van der Waals surface area contributed by atoms with Crippen LogP contribution in [0, 0.1) is 17.0 Å². The number of hydrogen-bond acceptors (Lipinski definition) is 4. The molecule has 0 heterocycles. The van der Waals surface area contributed by atoms with Crippen LogP contribution in [-0.4, -0.2) is 22.7 Å². The third kappa shape index (κ3) is 3.27. The fraction of sp³-hybridized carbons (Fsp3) is 0.538. The number of aliphatic hydroxyl groups is 1. The summed E-state index contributed by atoms with van der Waals surface area (Å²) in [6.07, 6.45) is 0.814. The molecule has 0 aliphatic carbocycles. The van der Waals surface area contributed by atoms with Gasteiger partial charge in [-0.2, -0.15) is 0 Å². The van der Waals surface area contributed by atoms with Gasteiger partial charge >= 0.3 is 0 Å². The first-order chi connectivity index (χ1) is 8.51. The zero-order valence-electron chi connectivity index (χ0n) is 11.0. The largest absolute Gasteiger partial charge is 0.395 e. The Bertz CT molecular complexity index is 417. The van der Waals surface area contributed by atoms with Crippen molar-refractivity contribution in [3.8, 4) is 0 Å². The molecule has 1 aromatic rings. The Hall–Kier alpha value is -1.46. The van der Waals surface area contributed by atoms with Crippen LogP contribution in [0.4, 0.5) is 5.69 Å². The molecule has 0 fully saturated rings. The SMILES string of the molecule is CCC(CO)NC(C)c1cccc([N+](=O)[O-])c1C. The predicted molar refractivity (Wildman–Crippen MR) is 70.5 cm³/mol. The van der Waals surface area contributed by atoms with Gasteiger partial charge in [0.1, 0.15) is 0 Å². The molecule has 100 valence electrons. The Labute approximate surface area is 107 Å². The van der Waals surface area contributed by atoms with Gasteiger partial charge < -0.3 is 10.4 Å². The van der Waals surface area contributed by atoms with Crippen molar-refractivity contribution >= 4 is 5.69 Å². The third-order valence-corrected chi connectivity index (χ3v) is 3.21. The summed E-state index contributed by atoms with van der Waals surface area (Å²) in [5.74, 6) is 0. The molecule has 0 saturated carbocycles. The Morgan fingerprint density at radius 3 is 2.67 bits per heavy atom. The number of aliphatic hydroxyl groups excluding tert-OH is 1. The summed E-state index contributed by atoms with van der Waals surface area (Å²) in [7, 11) is 0. The first-order valence-corrected chi connectivity index (χ1v) is 6.12. The Morgan fingerprint density at radius 1 is 1.50 bits per heavy atom. The van der Waals surface area contributed by atoms with Crippen molar-refractivity contribution in [2.75, 3.05) is 6.61 Å². The molecule has 0 amide bonds. The zero-order chi connectivity index (χ0) is 13.7. The molecule has 0 radical (unpaired) electrons. The average molecular weight is 252 g/mol. The number of nitrogens with zero attached hydrogens (tertiary/aromatic N) is 1. The van der Waals surface area contributed by atoms with Gasteiger partial charge in [-0.15, -0.1) is 0 Å². The Balaban J connectivity index is 2.95. The molecule has 0 aromatic heterocycles. The summed E-state index contributed by atoms with van der Waals surface area (Å²) in [4.78, 5) is 10.5. The Morgan fingerprint density at radius 2 is 2.17 bits per heavy atom. The van der Waals surface area contributed by atoms with Crippen LogP contribution < -0.4 is 5.32 Å². The van der Waals surface area contributed by atoms with Gasteiger partial charge in [-0.3, -0.25) is 10.1 Å². The molecule has 5 heteroatoms. The molecule has 2 atom stereocenters.